The van der Waals surface area contributed by atoms with Gasteiger partial charge in [0.15, 0.2) is 0 Å². The maximum atomic E-state index is 13.7. The summed E-state index contributed by atoms with van der Waals surface area (Å²) in [7, 11) is 0. The monoisotopic (exact) mass is 502 g/mol. The van der Waals surface area contributed by atoms with Crippen molar-refractivity contribution < 1.29 is 14.0 Å². The minimum Gasteiger partial charge on any atom is -0.361 e. The fourth-order valence-electron chi connectivity index (χ4n) is 5.03. The number of hydrogen-bond acceptors (Lipinski definition) is 4. The number of piperidine rings is 1. The van der Waals surface area contributed by atoms with Gasteiger partial charge in [-0.15, -0.1) is 0 Å². The lowest BCUT2D eigenvalue weighted by atomic mass is 9.89. The van der Waals surface area contributed by atoms with Gasteiger partial charge in [0, 0.05) is 67.3 Å². The van der Waals surface area contributed by atoms with Crippen LogP contribution in [0.5, 0.6) is 0 Å². The zero-order valence-corrected chi connectivity index (χ0v) is 20.9. The maximum absolute atomic E-state index is 13.7. The molecule has 4 aromatic rings. The van der Waals surface area contributed by atoms with Gasteiger partial charge >= 0.3 is 0 Å². The van der Waals surface area contributed by atoms with Gasteiger partial charge in [0.1, 0.15) is 5.82 Å². The van der Waals surface area contributed by atoms with Crippen LogP contribution in [0.15, 0.2) is 55.2 Å². The molecule has 0 atom stereocenters. The minimum absolute atomic E-state index is 0.0247. The van der Waals surface area contributed by atoms with Crippen LogP contribution in [-0.4, -0.2) is 55.9 Å². The summed E-state index contributed by atoms with van der Waals surface area (Å²) in [4.78, 5) is 39.8. The summed E-state index contributed by atoms with van der Waals surface area (Å²) in [6, 6.07) is 8.29. The number of amides is 2. The fourth-order valence-corrected chi connectivity index (χ4v) is 5.03. The number of likely N-dealkylation sites (tertiary alicyclic amines) is 1. The number of H-pyrrole nitrogens is 1. The lowest BCUT2D eigenvalue weighted by molar-refractivity contribution is -0.131. The number of carbonyl (C=O) groups is 2. The molecule has 0 radical (unpaired) electrons. The lowest BCUT2D eigenvalue weighted by Crippen LogP contribution is -2.39. The highest BCUT2D eigenvalue weighted by atomic mass is 19.1. The van der Waals surface area contributed by atoms with E-state index in [4.69, 9.17) is 4.98 Å². The molecule has 37 heavy (non-hydrogen) atoms. The molecule has 1 aromatic carbocycles. The first-order valence-electron chi connectivity index (χ1n) is 12.7. The number of nitrogens with zero attached hydrogens (tertiary/aromatic N) is 4. The van der Waals surface area contributed by atoms with E-state index in [0.29, 0.717) is 25.2 Å². The second kappa shape index (κ2) is 10.9. The molecule has 9 heteroatoms. The SMILES string of the molecule is Cc1ccc(C(=O)NCCCn2ccnc2)c(C2CCN(C(=O)Cc3c[nH]c4ccc(F)cc34)CC2)n1. The van der Waals surface area contributed by atoms with Crippen LogP contribution in [0.4, 0.5) is 4.39 Å². The number of rotatable bonds is 8. The van der Waals surface area contributed by atoms with E-state index in [1.165, 1.54) is 12.1 Å². The zero-order valence-electron chi connectivity index (χ0n) is 20.9. The average Bonchev–Trinajstić information content (AvgIpc) is 3.56. The highest BCUT2D eigenvalue weighted by molar-refractivity contribution is 5.95. The van der Waals surface area contributed by atoms with E-state index in [2.05, 4.69) is 15.3 Å². The van der Waals surface area contributed by atoms with E-state index in [1.54, 1.807) is 24.8 Å². The summed E-state index contributed by atoms with van der Waals surface area (Å²) in [5, 5.41) is 3.77. The molecule has 1 fully saturated rings. The van der Waals surface area contributed by atoms with Crippen LogP contribution < -0.4 is 5.32 Å². The predicted octanol–water partition coefficient (Wildman–Crippen LogP) is 3.98. The molecule has 1 saturated heterocycles. The summed E-state index contributed by atoms with van der Waals surface area (Å²) in [6.45, 7) is 4.48. The number of aromatic nitrogens is 4. The van der Waals surface area contributed by atoms with E-state index in [9.17, 15) is 14.0 Å². The highest BCUT2D eigenvalue weighted by Gasteiger charge is 2.28. The van der Waals surface area contributed by atoms with Crippen molar-refractivity contribution in [2.75, 3.05) is 19.6 Å². The fraction of sp³-hybridized carbons (Fsp3) is 0.357. The van der Waals surface area contributed by atoms with Crippen molar-refractivity contribution in [3.63, 3.8) is 0 Å². The topological polar surface area (TPSA) is 95.9 Å². The molecule has 0 spiro atoms. The Kier molecular flexibility index (Phi) is 7.30. The van der Waals surface area contributed by atoms with Crippen LogP contribution in [0.1, 0.15) is 52.5 Å². The first-order valence-corrected chi connectivity index (χ1v) is 12.7. The second-order valence-electron chi connectivity index (χ2n) is 9.63. The molecule has 5 rings (SSSR count). The predicted molar refractivity (Wildman–Crippen MR) is 139 cm³/mol. The van der Waals surface area contributed by atoms with Gasteiger partial charge in [0.25, 0.3) is 5.91 Å². The Morgan fingerprint density at radius 3 is 2.81 bits per heavy atom. The van der Waals surface area contributed by atoms with Gasteiger partial charge in [-0.1, -0.05) is 0 Å². The van der Waals surface area contributed by atoms with Crippen molar-refractivity contribution in [1.82, 2.24) is 29.7 Å². The number of hydrogen-bond donors (Lipinski definition) is 2. The lowest BCUT2D eigenvalue weighted by Gasteiger charge is -2.32. The molecule has 0 unspecified atom stereocenters. The minimum atomic E-state index is -0.315. The Balaban J connectivity index is 1.19. The molecule has 0 saturated carbocycles. The van der Waals surface area contributed by atoms with Crippen molar-refractivity contribution in [2.24, 2.45) is 0 Å². The van der Waals surface area contributed by atoms with E-state index >= 15 is 0 Å². The summed E-state index contributed by atoms with van der Waals surface area (Å²) in [5.74, 6) is -0.294. The number of aryl methyl sites for hydroxylation is 2. The van der Waals surface area contributed by atoms with Gasteiger partial charge in [0.2, 0.25) is 5.91 Å². The second-order valence-corrected chi connectivity index (χ2v) is 9.63. The molecule has 2 N–H and O–H groups in total. The number of halogens is 1. The molecule has 3 aromatic heterocycles. The Morgan fingerprint density at radius 1 is 1.19 bits per heavy atom. The number of carbonyl (C=O) groups excluding carboxylic acids is 2. The van der Waals surface area contributed by atoms with Crippen LogP contribution in [0, 0.1) is 12.7 Å². The average molecular weight is 503 g/mol. The number of fused-ring (bicyclic) bond motifs is 1. The van der Waals surface area contributed by atoms with Gasteiger partial charge in [-0.2, -0.15) is 0 Å². The van der Waals surface area contributed by atoms with E-state index < -0.39 is 0 Å². The van der Waals surface area contributed by atoms with Crippen LogP contribution in [0.2, 0.25) is 0 Å². The third kappa shape index (κ3) is 5.71. The molecular formula is C28H31FN6O2. The Labute approximate surface area is 214 Å². The third-order valence-electron chi connectivity index (χ3n) is 7.05. The van der Waals surface area contributed by atoms with Gasteiger partial charge in [-0.05, 0) is 62.1 Å². The summed E-state index contributed by atoms with van der Waals surface area (Å²) in [5.41, 5.74) is 3.91. The summed E-state index contributed by atoms with van der Waals surface area (Å²) in [6.07, 6.45) is 9.71. The zero-order chi connectivity index (χ0) is 25.8. The first-order chi connectivity index (χ1) is 18.0. The number of nitrogens with one attached hydrogen (secondary N) is 2. The van der Waals surface area contributed by atoms with E-state index in [1.807, 2.05) is 34.7 Å². The molecule has 4 heterocycles. The number of imidazole rings is 1. The van der Waals surface area contributed by atoms with Crippen LogP contribution in [-0.2, 0) is 17.8 Å². The molecule has 2 amide bonds. The normalized spacial score (nSPS) is 14.3. The quantitative estimate of drug-likeness (QED) is 0.356. The van der Waals surface area contributed by atoms with Crippen molar-refractivity contribution in [3.05, 3.63) is 83.6 Å². The molecular weight excluding hydrogens is 471 g/mol. The molecule has 8 nitrogen and oxygen atoms in total. The van der Waals surface area contributed by atoms with Crippen molar-refractivity contribution >= 4 is 22.7 Å². The Morgan fingerprint density at radius 2 is 2.03 bits per heavy atom. The molecule has 1 aliphatic rings. The van der Waals surface area contributed by atoms with Gasteiger partial charge in [0.05, 0.1) is 24.0 Å². The van der Waals surface area contributed by atoms with E-state index in [0.717, 1.165) is 53.7 Å². The van der Waals surface area contributed by atoms with Gasteiger partial charge in [-0.25, -0.2) is 9.37 Å². The summed E-state index contributed by atoms with van der Waals surface area (Å²) >= 11 is 0. The number of aromatic amines is 1. The smallest absolute Gasteiger partial charge is 0.253 e. The molecule has 0 aliphatic carbocycles. The van der Waals surface area contributed by atoms with Gasteiger partial charge in [-0.3, -0.25) is 14.6 Å². The Hall–Kier alpha value is -4.01. The first kappa shape index (κ1) is 24.7. The van der Waals surface area contributed by atoms with Gasteiger partial charge < -0.3 is 19.8 Å². The van der Waals surface area contributed by atoms with Crippen molar-refractivity contribution in [1.29, 1.82) is 0 Å². The van der Waals surface area contributed by atoms with E-state index in [-0.39, 0.29) is 30.0 Å². The van der Waals surface area contributed by atoms with Crippen LogP contribution in [0.3, 0.4) is 0 Å². The van der Waals surface area contributed by atoms with Crippen LogP contribution in [0.25, 0.3) is 10.9 Å². The largest absolute Gasteiger partial charge is 0.361 e. The van der Waals surface area contributed by atoms with Crippen molar-refractivity contribution in [2.45, 2.75) is 45.1 Å². The molecule has 0 bridgehead atoms. The molecule has 192 valence electrons. The Bertz CT molecular complexity index is 1390. The van der Waals surface area contributed by atoms with Crippen molar-refractivity contribution in [3.8, 4) is 0 Å². The summed E-state index contributed by atoms with van der Waals surface area (Å²) < 4.78 is 15.7. The maximum Gasteiger partial charge on any atom is 0.253 e. The number of benzene rings is 1. The highest BCUT2D eigenvalue weighted by Crippen LogP contribution is 2.30. The third-order valence-corrected chi connectivity index (χ3v) is 7.05. The standard InChI is InChI=1S/C28H31FN6O2/c1-19-3-5-23(28(37)31-9-2-11-34-14-10-30-18-34)27(33-19)20-7-12-35(13-8-20)26(36)15-21-17-32-25-6-4-22(29)16-24(21)25/h3-6,10,14,16-18,20,32H,2,7-9,11-13,15H2,1H3,(H,31,37). The van der Waals surface area contributed by atoms with Crippen LogP contribution >= 0.6 is 0 Å². The number of pyridine rings is 1. The molecule has 1 aliphatic heterocycles.